The van der Waals surface area contributed by atoms with Crippen LogP contribution < -0.4 is 10.6 Å². The van der Waals surface area contributed by atoms with Gasteiger partial charge < -0.3 is 24.7 Å². The molecule has 10 nitrogen and oxygen atoms in total. The number of nitrogens with zero attached hydrogens (tertiary/aromatic N) is 4. The van der Waals surface area contributed by atoms with Gasteiger partial charge in [-0.15, -0.1) is 0 Å². The van der Waals surface area contributed by atoms with Crippen molar-refractivity contribution >= 4 is 34.3 Å². The van der Waals surface area contributed by atoms with Gasteiger partial charge in [-0.3, -0.25) is 9.48 Å². The number of aromatic nitrogens is 4. The fraction of sp³-hybridized carbons (Fsp3) is 0.379. The van der Waals surface area contributed by atoms with Gasteiger partial charge in [0.15, 0.2) is 5.69 Å². The molecule has 1 atom stereocenters. The van der Waals surface area contributed by atoms with E-state index in [0.29, 0.717) is 42.8 Å². The summed E-state index contributed by atoms with van der Waals surface area (Å²) in [7, 11) is 3.23. The molecule has 39 heavy (non-hydrogen) atoms. The van der Waals surface area contributed by atoms with Gasteiger partial charge in [0.2, 0.25) is 0 Å². The summed E-state index contributed by atoms with van der Waals surface area (Å²) in [6.07, 6.45) is 6.25. The third-order valence-electron chi connectivity index (χ3n) is 7.04. The summed E-state index contributed by atoms with van der Waals surface area (Å²) in [5, 5.41) is 11.4. The third-order valence-corrected chi connectivity index (χ3v) is 7.04. The standard InChI is InChI=1S/C29H34N6O4/c1-19-21(18-34(2)33-19)16-30-22-15-23-25(32-28(36)24-12-8-14-39-24)26(29(37)38-3)35(27(23)31-17-22)13-7-11-20-9-5-4-6-10-20/h4-6,9-10,15,17-18,24,30H,7-8,11-14,16H2,1-3H3,(H,32,36)/t24-/m1/s1. The molecule has 5 rings (SSSR count). The third kappa shape index (κ3) is 5.80. The second-order valence-corrected chi connectivity index (χ2v) is 9.81. The van der Waals surface area contributed by atoms with Crippen molar-refractivity contribution < 1.29 is 19.1 Å². The zero-order chi connectivity index (χ0) is 27.4. The Kier molecular flexibility index (Phi) is 7.92. The molecule has 1 aromatic carbocycles. The smallest absolute Gasteiger partial charge is 0.356 e. The van der Waals surface area contributed by atoms with Crippen LogP contribution in [0.3, 0.4) is 0 Å². The van der Waals surface area contributed by atoms with E-state index in [9.17, 15) is 9.59 Å². The quantitative estimate of drug-likeness (QED) is 0.295. The van der Waals surface area contributed by atoms with Gasteiger partial charge in [-0.25, -0.2) is 9.78 Å². The number of amides is 1. The van der Waals surface area contributed by atoms with Crippen LogP contribution in [0, 0.1) is 6.92 Å². The van der Waals surface area contributed by atoms with E-state index in [-0.39, 0.29) is 11.6 Å². The Hall–Kier alpha value is -4.18. The molecule has 0 radical (unpaired) electrons. The van der Waals surface area contributed by atoms with E-state index in [1.165, 1.54) is 12.7 Å². The zero-order valence-electron chi connectivity index (χ0n) is 22.6. The van der Waals surface area contributed by atoms with Gasteiger partial charge in [0.1, 0.15) is 11.8 Å². The topological polar surface area (TPSA) is 112 Å². The lowest BCUT2D eigenvalue weighted by Crippen LogP contribution is -2.28. The molecule has 4 heterocycles. The number of ether oxygens (including phenoxy) is 2. The summed E-state index contributed by atoms with van der Waals surface area (Å²) >= 11 is 0. The Labute approximate surface area is 227 Å². The predicted molar refractivity (Wildman–Crippen MR) is 149 cm³/mol. The minimum Gasteiger partial charge on any atom is -0.464 e. The lowest BCUT2D eigenvalue weighted by molar-refractivity contribution is -0.124. The van der Waals surface area contributed by atoms with Crippen LogP contribution in [0.5, 0.6) is 0 Å². The number of anilines is 2. The SMILES string of the molecule is COC(=O)c1c(NC(=O)[C@H]2CCCO2)c2cc(NCc3cn(C)nc3C)cnc2n1CCCc1ccccc1. The van der Waals surface area contributed by atoms with Crippen molar-refractivity contribution in [2.24, 2.45) is 7.05 Å². The number of carbonyl (C=O) groups excluding carboxylic acids is 2. The minimum absolute atomic E-state index is 0.273. The Bertz CT molecular complexity index is 1470. The van der Waals surface area contributed by atoms with Crippen LogP contribution in [0.25, 0.3) is 11.0 Å². The normalized spacial score (nSPS) is 15.0. The molecule has 204 valence electrons. The van der Waals surface area contributed by atoms with E-state index in [1.54, 1.807) is 10.9 Å². The van der Waals surface area contributed by atoms with E-state index in [2.05, 4.69) is 27.9 Å². The maximum absolute atomic E-state index is 13.1. The molecule has 4 aromatic rings. The Morgan fingerprint density at radius 3 is 2.74 bits per heavy atom. The molecule has 0 saturated carbocycles. The van der Waals surface area contributed by atoms with Gasteiger partial charge in [-0.05, 0) is 44.2 Å². The van der Waals surface area contributed by atoms with E-state index < -0.39 is 12.1 Å². The molecule has 3 aromatic heterocycles. The van der Waals surface area contributed by atoms with Gasteiger partial charge in [-0.1, -0.05) is 30.3 Å². The van der Waals surface area contributed by atoms with Crippen LogP contribution in [0.4, 0.5) is 11.4 Å². The van der Waals surface area contributed by atoms with Gasteiger partial charge in [0.25, 0.3) is 5.91 Å². The molecule has 0 aliphatic carbocycles. The number of esters is 1. The van der Waals surface area contributed by atoms with E-state index in [0.717, 1.165) is 36.2 Å². The molecule has 0 spiro atoms. The molecule has 1 amide bonds. The van der Waals surface area contributed by atoms with Crippen LogP contribution >= 0.6 is 0 Å². The Morgan fingerprint density at radius 1 is 1.23 bits per heavy atom. The highest BCUT2D eigenvalue weighted by Gasteiger charge is 2.30. The second kappa shape index (κ2) is 11.7. The van der Waals surface area contributed by atoms with Crippen LogP contribution in [0.1, 0.15) is 46.6 Å². The van der Waals surface area contributed by atoms with Crippen molar-refractivity contribution in [3.8, 4) is 0 Å². The first kappa shape index (κ1) is 26.4. The lowest BCUT2D eigenvalue weighted by atomic mass is 10.1. The monoisotopic (exact) mass is 530 g/mol. The fourth-order valence-corrected chi connectivity index (χ4v) is 5.07. The van der Waals surface area contributed by atoms with Crippen molar-refractivity contribution in [3.05, 3.63) is 71.3 Å². The summed E-state index contributed by atoms with van der Waals surface area (Å²) in [5.41, 5.74) is 5.26. The maximum Gasteiger partial charge on any atom is 0.356 e. The predicted octanol–water partition coefficient (Wildman–Crippen LogP) is 4.23. The lowest BCUT2D eigenvalue weighted by Gasteiger charge is -2.13. The van der Waals surface area contributed by atoms with Crippen molar-refractivity contribution in [1.29, 1.82) is 0 Å². The van der Waals surface area contributed by atoms with Gasteiger partial charge in [0.05, 0.1) is 30.4 Å². The summed E-state index contributed by atoms with van der Waals surface area (Å²) in [5.74, 6) is -0.804. The number of fused-ring (bicyclic) bond motifs is 1. The van der Waals surface area contributed by atoms with Crippen molar-refractivity contribution in [2.75, 3.05) is 24.4 Å². The highest BCUT2D eigenvalue weighted by molar-refractivity contribution is 6.12. The summed E-state index contributed by atoms with van der Waals surface area (Å²) < 4.78 is 14.4. The number of carbonyl (C=O) groups is 2. The van der Waals surface area contributed by atoms with E-state index >= 15 is 0 Å². The molecule has 2 N–H and O–H groups in total. The first-order valence-electron chi connectivity index (χ1n) is 13.2. The molecule has 1 fully saturated rings. The number of aryl methyl sites for hydroxylation is 4. The number of hydrogen-bond acceptors (Lipinski definition) is 7. The van der Waals surface area contributed by atoms with Crippen LogP contribution in [-0.2, 0) is 40.8 Å². The minimum atomic E-state index is -0.546. The number of rotatable bonds is 10. The van der Waals surface area contributed by atoms with Crippen LogP contribution in [0.2, 0.25) is 0 Å². The highest BCUT2D eigenvalue weighted by Crippen LogP contribution is 2.34. The summed E-state index contributed by atoms with van der Waals surface area (Å²) in [6.45, 7) is 3.61. The first-order chi connectivity index (χ1) is 18.9. The average molecular weight is 531 g/mol. The largest absolute Gasteiger partial charge is 0.464 e. The molecule has 0 unspecified atom stereocenters. The van der Waals surface area contributed by atoms with Crippen LogP contribution in [0.15, 0.2) is 48.8 Å². The number of methoxy groups -OCH3 is 1. The van der Waals surface area contributed by atoms with Crippen molar-refractivity contribution in [1.82, 2.24) is 19.3 Å². The first-order valence-corrected chi connectivity index (χ1v) is 13.2. The van der Waals surface area contributed by atoms with Crippen LogP contribution in [-0.4, -0.2) is 51.0 Å². The average Bonchev–Trinajstić information content (AvgIpc) is 3.66. The number of hydrogen-bond donors (Lipinski definition) is 2. The molecular weight excluding hydrogens is 496 g/mol. The van der Waals surface area contributed by atoms with E-state index in [1.807, 2.05) is 49.0 Å². The molecule has 10 heteroatoms. The molecule has 1 aliphatic heterocycles. The van der Waals surface area contributed by atoms with Crippen molar-refractivity contribution in [3.63, 3.8) is 0 Å². The van der Waals surface area contributed by atoms with E-state index in [4.69, 9.17) is 14.5 Å². The second-order valence-electron chi connectivity index (χ2n) is 9.81. The van der Waals surface area contributed by atoms with Gasteiger partial charge in [-0.2, -0.15) is 5.10 Å². The van der Waals surface area contributed by atoms with Gasteiger partial charge >= 0.3 is 5.97 Å². The molecule has 1 aliphatic rings. The highest BCUT2D eigenvalue weighted by atomic mass is 16.5. The summed E-state index contributed by atoms with van der Waals surface area (Å²) in [4.78, 5) is 31.0. The summed E-state index contributed by atoms with van der Waals surface area (Å²) in [6, 6.07) is 12.1. The zero-order valence-corrected chi connectivity index (χ0v) is 22.6. The number of benzene rings is 1. The fourth-order valence-electron chi connectivity index (χ4n) is 5.07. The maximum atomic E-state index is 13.1. The Balaban J connectivity index is 1.50. The number of nitrogens with one attached hydrogen (secondary N) is 2. The Morgan fingerprint density at radius 2 is 2.05 bits per heavy atom. The van der Waals surface area contributed by atoms with Crippen molar-refractivity contribution in [2.45, 2.75) is 51.8 Å². The van der Waals surface area contributed by atoms with Gasteiger partial charge in [0, 0.05) is 43.9 Å². The molecule has 1 saturated heterocycles. The molecule has 0 bridgehead atoms. The molecular formula is C29H34N6O4. The number of pyridine rings is 1.